The van der Waals surface area contributed by atoms with E-state index in [2.05, 4.69) is 28.9 Å². The fourth-order valence-corrected chi connectivity index (χ4v) is 3.68. The molecule has 0 saturated carbocycles. The predicted molar refractivity (Wildman–Crippen MR) is 99.0 cm³/mol. The Balaban J connectivity index is 1.61. The number of imidazole rings is 1. The van der Waals surface area contributed by atoms with Gasteiger partial charge >= 0.3 is 0 Å². The number of rotatable bonds is 3. The zero-order chi connectivity index (χ0) is 17.4. The van der Waals surface area contributed by atoms with Crippen LogP contribution in [0.15, 0.2) is 42.7 Å². The minimum atomic E-state index is -0.0246. The van der Waals surface area contributed by atoms with Gasteiger partial charge in [-0.1, -0.05) is 18.2 Å². The lowest BCUT2D eigenvalue weighted by molar-refractivity contribution is 0.0893. The molecule has 1 aliphatic heterocycles. The van der Waals surface area contributed by atoms with Gasteiger partial charge in [-0.05, 0) is 37.5 Å². The average molecular weight is 334 g/mol. The fourth-order valence-electron chi connectivity index (χ4n) is 3.68. The molecular formula is C20H22N4O. The van der Waals surface area contributed by atoms with Crippen LogP contribution in [0.25, 0.3) is 10.9 Å². The number of fused-ring (bicyclic) bond motifs is 1. The van der Waals surface area contributed by atoms with Crippen molar-refractivity contribution in [3.05, 3.63) is 54.1 Å². The van der Waals surface area contributed by atoms with Crippen molar-refractivity contribution in [3.8, 4) is 0 Å². The molecule has 3 aromatic rings. The first-order valence-electron chi connectivity index (χ1n) is 8.76. The van der Waals surface area contributed by atoms with Crippen LogP contribution in [0.3, 0.4) is 0 Å². The Morgan fingerprint density at radius 1 is 1.28 bits per heavy atom. The monoisotopic (exact) mass is 334 g/mol. The summed E-state index contributed by atoms with van der Waals surface area (Å²) in [5.74, 6) is 1.63. The second kappa shape index (κ2) is 6.31. The Hall–Kier alpha value is -2.69. The standard InChI is InChI=1S/C20H22N4O/c1-14-12-18(22-17-8-4-3-7-16(14)17)24-10-5-6-15(13-24)19(25)20-21-9-11-23(20)2/h3-4,7-9,11-12,15H,5-6,10,13H2,1-2H3/t15-/m1/s1. The van der Waals surface area contributed by atoms with Crippen LogP contribution in [0, 0.1) is 12.8 Å². The van der Waals surface area contributed by atoms with Gasteiger partial charge in [-0.3, -0.25) is 4.79 Å². The smallest absolute Gasteiger partial charge is 0.203 e. The number of hydrogen-bond acceptors (Lipinski definition) is 4. The first kappa shape index (κ1) is 15.8. The van der Waals surface area contributed by atoms with Crippen molar-refractivity contribution in [3.63, 3.8) is 0 Å². The third-order valence-electron chi connectivity index (χ3n) is 5.07. The summed E-state index contributed by atoms with van der Waals surface area (Å²) in [6.45, 7) is 3.76. The second-order valence-corrected chi connectivity index (χ2v) is 6.83. The number of aryl methyl sites for hydroxylation is 2. The maximum absolute atomic E-state index is 12.8. The van der Waals surface area contributed by atoms with Gasteiger partial charge in [0.1, 0.15) is 5.82 Å². The summed E-state index contributed by atoms with van der Waals surface area (Å²) in [4.78, 5) is 24.1. The molecule has 3 heterocycles. The first-order chi connectivity index (χ1) is 12.1. The van der Waals surface area contributed by atoms with E-state index in [1.807, 2.05) is 31.4 Å². The summed E-state index contributed by atoms with van der Waals surface area (Å²) in [7, 11) is 1.87. The van der Waals surface area contributed by atoms with E-state index in [4.69, 9.17) is 4.98 Å². The number of pyridine rings is 1. The number of benzene rings is 1. The number of anilines is 1. The average Bonchev–Trinajstić information content (AvgIpc) is 3.07. The van der Waals surface area contributed by atoms with Crippen molar-refractivity contribution in [1.82, 2.24) is 14.5 Å². The predicted octanol–water partition coefficient (Wildman–Crippen LogP) is 3.38. The zero-order valence-electron chi connectivity index (χ0n) is 14.6. The Labute approximate surface area is 147 Å². The lowest BCUT2D eigenvalue weighted by Crippen LogP contribution is -2.39. The van der Waals surface area contributed by atoms with Gasteiger partial charge < -0.3 is 9.47 Å². The summed E-state index contributed by atoms with van der Waals surface area (Å²) in [5, 5.41) is 1.18. The largest absolute Gasteiger partial charge is 0.356 e. The topological polar surface area (TPSA) is 51.0 Å². The highest BCUT2D eigenvalue weighted by molar-refractivity contribution is 5.95. The van der Waals surface area contributed by atoms with Gasteiger partial charge in [-0.15, -0.1) is 0 Å². The lowest BCUT2D eigenvalue weighted by Gasteiger charge is -2.33. The van der Waals surface area contributed by atoms with E-state index < -0.39 is 0 Å². The number of para-hydroxylation sites is 1. The maximum atomic E-state index is 12.8. The summed E-state index contributed by atoms with van der Waals surface area (Å²) in [5.41, 5.74) is 2.23. The van der Waals surface area contributed by atoms with Gasteiger partial charge in [0.15, 0.2) is 5.82 Å². The molecule has 0 amide bonds. The molecule has 0 aliphatic carbocycles. The molecule has 5 nitrogen and oxygen atoms in total. The molecule has 5 heteroatoms. The Morgan fingerprint density at radius 2 is 2.12 bits per heavy atom. The van der Waals surface area contributed by atoms with Crippen molar-refractivity contribution < 1.29 is 4.79 Å². The van der Waals surface area contributed by atoms with Gasteiger partial charge in [-0.25, -0.2) is 9.97 Å². The van der Waals surface area contributed by atoms with Crippen LogP contribution in [0.2, 0.25) is 0 Å². The van der Waals surface area contributed by atoms with E-state index in [1.54, 1.807) is 10.8 Å². The molecule has 0 radical (unpaired) electrons. The Morgan fingerprint density at radius 3 is 2.92 bits per heavy atom. The molecule has 1 saturated heterocycles. The molecule has 25 heavy (non-hydrogen) atoms. The van der Waals surface area contributed by atoms with Crippen LogP contribution in [-0.2, 0) is 7.05 Å². The first-order valence-corrected chi connectivity index (χ1v) is 8.76. The number of nitrogens with zero attached hydrogens (tertiary/aromatic N) is 4. The molecule has 0 N–H and O–H groups in total. The minimum Gasteiger partial charge on any atom is -0.356 e. The van der Waals surface area contributed by atoms with Gasteiger partial charge in [0.2, 0.25) is 5.78 Å². The summed E-state index contributed by atoms with van der Waals surface area (Å²) < 4.78 is 1.81. The highest BCUT2D eigenvalue weighted by atomic mass is 16.1. The van der Waals surface area contributed by atoms with Crippen molar-refractivity contribution in [2.45, 2.75) is 19.8 Å². The van der Waals surface area contributed by atoms with E-state index in [9.17, 15) is 4.79 Å². The van der Waals surface area contributed by atoms with Gasteiger partial charge in [0.05, 0.1) is 5.52 Å². The second-order valence-electron chi connectivity index (χ2n) is 6.83. The Bertz CT molecular complexity index is 930. The third kappa shape index (κ3) is 2.90. The lowest BCUT2D eigenvalue weighted by atomic mass is 9.93. The molecule has 1 fully saturated rings. The number of ketones is 1. The van der Waals surface area contributed by atoms with Crippen LogP contribution in [0.4, 0.5) is 5.82 Å². The number of carbonyl (C=O) groups is 1. The fraction of sp³-hybridized carbons (Fsp3) is 0.350. The highest BCUT2D eigenvalue weighted by Crippen LogP contribution is 2.27. The molecule has 1 atom stereocenters. The summed E-state index contributed by atoms with van der Waals surface area (Å²) in [6, 6.07) is 10.3. The van der Waals surface area contributed by atoms with Crippen molar-refractivity contribution in [2.75, 3.05) is 18.0 Å². The molecule has 0 spiro atoms. The quantitative estimate of drug-likeness (QED) is 0.689. The molecule has 1 aromatic carbocycles. The van der Waals surface area contributed by atoms with Crippen LogP contribution >= 0.6 is 0 Å². The van der Waals surface area contributed by atoms with Crippen molar-refractivity contribution in [2.24, 2.45) is 13.0 Å². The SMILES string of the molecule is Cc1cc(N2CCC[C@@H](C(=O)c3nccn3C)C2)nc2ccccc12. The van der Waals surface area contributed by atoms with Crippen LogP contribution in [0.1, 0.15) is 29.0 Å². The number of Topliss-reactive ketones (excluding diaryl/α,β-unsaturated/α-hetero) is 1. The number of carbonyl (C=O) groups excluding carboxylic acids is 1. The molecule has 128 valence electrons. The molecule has 2 aromatic heterocycles. The number of piperidine rings is 1. The number of hydrogen-bond donors (Lipinski definition) is 0. The minimum absolute atomic E-state index is 0.0246. The van der Waals surface area contributed by atoms with E-state index in [0.29, 0.717) is 12.4 Å². The molecule has 0 bridgehead atoms. The van der Waals surface area contributed by atoms with E-state index in [-0.39, 0.29) is 11.7 Å². The zero-order valence-corrected chi connectivity index (χ0v) is 14.6. The van der Waals surface area contributed by atoms with Crippen molar-refractivity contribution >= 4 is 22.5 Å². The molecule has 1 aliphatic rings. The van der Waals surface area contributed by atoms with Gasteiger partial charge in [-0.2, -0.15) is 0 Å². The van der Waals surface area contributed by atoms with Crippen LogP contribution < -0.4 is 4.90 Å². The van der Waals surface area contributed by atoms with Gasteiger partial charge in [0, 0.05) is 43.8 Å². The maximum Gasteiger partial charge on any atom is 0.203 e. The molecule has 4 rings (SSSR count). The molecular weight excluding hydrogens is 312 g/mol. The van der Waals surface area contributed by atoms with Crippen LogP contribution in [-0.4, -0.2) is 33.4 Å². The summed E-state index contributed by atoms with van der Waals surface area (Å²) in [6.07, 6.45) is 5.41. The summed E-state index contributed by atoms with van der Waals surface area (Å²) >= 11 is 0. The third-order valence-corrected chi connectivity index (χ3v) is 5.07. The van der Waals surface area contributed by atoms with Crippen molar-refractivity contribution in [1.29, 1.82) is 0 Å². The van der Waals surface area contributed by atoms with E-state index in [1.165, 1.54) is 10.9 Å². The van der Waals surface area contributed by atoms with E-state index >= 15 is 0 Å². The molecule has 0 unspecified atom stereocenters. The number of aromatic nitrogens is 3. The highest BCUT2D eigenvalue weighted by Gasteiger charge is 2.29. The van der Waals surface area contributed by atoms with Gasteiger partial charge in [0.25, 0.3) is 0 Å². The van der Waals surface area contributed by atoms with Crippen LogP contribution in [0.5, 0.6) is 0 Å². The van der Waals surface area contributed by atoms with E-state index in [0.717, 1.165) is 30.7 Å². The Kier molecular flexibility index (Phi) is 3.99. The normalized spacial score (nSPS) is 17.8.